The minimum absolute atomic E-state index is 0.00632. The van der Waals surface area contributed by atoms with Crippen molar-refractivity contribution in [3.63, 3.8) is 0 Å². The van der Waals surface area contributed by atoms with Gasteiger partial charge in [-0.1, -0.05) is 0 Å². The topological polar surface area (TPSA) is 129 Å². The summed E-state index contributed by atoms with van der Waals surface area (Å²) in [5, 5.41) is 13.3. The van der Waals surface area contributed by atoms with Crippen LogP contribution in [0.2, 0.25) is 0 Å². The number of nitrogen functional groups attached to an aromatic ring is 1. The molecule has 3 N–H and O–H groups in total. The number of anilines is 1. The molecule has 0 unspecified atom stereocenters. The summed E-state index contributed by atoms with van der Waals surface area (Å²) in [6, 6.07) is 1.12. The van der Waals surface area contributed by atoms with Gasteiger partial charge in [0.05, 0.1) is 16.8 Å². The summed E-state index contributed by atoms with van der Waals surface area (Å²) >= 11 is 0. The second-order valence-electron chi connectivity index (χ2n) is 4.29. The van der Waals surface area contributed by atoms with E-state index in [0.29, 0.717) is 19.5 Å². The predicted octanol–water partition coefficient (Wildman–Crippen LogP) is 0.589. The first kappa shape index (κ1) is 14.4. The molecule has 110 valence electrons. The number of hydrogen-bond donors (Lipinski definition) is 2. The number of nitro groups is 1. The molecule has 0 aliphatic rings. The van der Waals surface area contributed by atoms with Crippen LogP contribution in [0.15, 0.2) is 31.0 Å². The molecule has 0 aromatic carbocycles. The molecule has 9 heteroatoms. The smallest absolute Gasteiger partial charge is 0.288 e. The molecule has 2 rings (SSSR count). The monoisotopic (exact) mass is 290 g/mol. The zero-order valence-electron chi connectivity index (χ0n) is 11.1. The molecule has 0 fully saturated rings. The maximum Gasteiger partial charge on any atom is 0.288 e. The molecule has 9 nitrogen and oxygen atoms in total. The SMILES string of the molecule is Nc1ncc([N+](=O)[O-])cc1C(=O)NCCCn1ccnc1. The molecule has 0 atom stereocenters. The van der Waals surface area contributed by atoms with Gasteiger partial charge in [-0.3, -0.25) is 14.9 Å². The minimum Gasteiger partial charge on any atom is -0.383 e. The maximum absolute atomic E-state index is 11.9. The number of nitrogens with zero attached hydrogens (tertiary/aromatic N) is 4. The number of carbonyl (C=O) groups excluding carboxylic acids is 1. The summed E-state index contributed by atoms with van der Waals surface area (Å²) in [6.45, 7) is 1.13. The van der Waals surface area contributed by atoms with Gasteiger partial charge in [-0.05, 0) is 6.42 Å². The van der Waals surface area contributed by atoms with Gasteiger partial charge < -0.3 is 15.6 Å². The van der Waals surface area contributed by atoms with Crippen LogP contribution < -0.4 is 11.1 Å². The van der Waals surface area contributed by atoms with E-state index in [-0.39, 0.29) is 17.1 Å². The van der Waals surface area contributed by atoms with Gasteiger partial charge in [0, 0.05) is 31.5 Å². The van der Waals surface area contributed by atoms with E-state index in [1.165, 1.54) is 0 Å². The predicted molar refractivity (Wildman–Crippen MR) is 74.5 cm³/mol. The Morgan fingerprint density at radius 2 is 2.33 bits per heavy atom. The van der Waals surface area contributed by atoms with Crippen molar-refractivity contribution in [2.45, 2.75) is 13.0 Å². The van der Waals surface area contributed by atoms with Crippen molar-refractivity contribution in [1.29, 1.82) is 0 Å². The highest BCUT2D eigenvalue weighted by molar-refractivity contribution is 5.98. The molecule has 2 aromatic rings. The van der Waals surface area contributed by atoms with E-state index in [9.17, 15) is 14.9 Å². The first-order chi connectivity index (χ1) is 10.1. The van der Waals surface area contributed by atoms with Crippen molar-refractivity contribution in [3.05, 3.63) is 46.7 Å². The fourth-order valence-corrected chi connectivity index (χ4v) is 1.72. The van der Waals surface area contributed by atoms with E-state index in [2.05, 4.69) is 15.3 Å². The Labute approximate surface area is 120 Å². The average molecular weight is 290 g/mol. The number of nitrogens with one attached hydrogen (secondary N) is 1. The molecule has 0 saturated carbocycles. The zero-order chi connectivity index (χ0) is 15.2. The highest BCUT2D eigenvalue weighted by atomic mass is 16.6. The van der Waals surface area contributed by atoms with Crippen LogP contribution in [-0.4, -0.2) is 31.9 Å². The highest BCUT2D eigenvalue weighted by Gasteiger charge is 2.16. The van der Waals surface area contributed by atoms with Crippen molar-refractivity contribution in [1.82, 2.24) is 19.9 Å². The lowest BCUT2D eigenvalue weighted by molar-refractivity contribution is -0.385. The van der Waals surface area contributed by atoms with Crippen LogP contribution in [0.25, 0.3) is 0 Å². The van der Waals surface area contributed by atoms with E-state index in [0.717, 1.165) is 12.3 Å². The van der Waals surface area contributed by atoms with Crippen molar-refractivity contribution < 1.29 is 9.72 Å². The van der Waals surface area contributed by atoms with Crippen LogP contribution in [0.1, 0.15) is 16.8 Å². The number of nitrogens with two attached hydrogens (primary N) is 1. The molecule has 0 aliphatic carbocycles. The Morgan fingerprint density at radius 1 is 1.52 bits per heavy atom. The number of aryl methyl sites for hydroxylation is 1. The second-order valence-corrected chi connectivity index (χ2v) is 4.29. The third-order valence-electron chi connectivity index (χ3n) is 2.80. The Bertz CT molecular complexity index is 640. The Hall–Kier alpha value is -2.97. The summed E-state index contributed by atoms with van der Waals surface area (Å²) in [5.41, 5.74) is 5.30. The molecule has 0 spiro atoms. The van der Waals surface area contributed by atoms with Crippen LogP contribution in [-0.2, 0) is 6.54 Å². The Balaban J connectivity index is 1.90. The van der Waals surface area contributed by atoms with Gasteiger partial charge in [0.1, 0.15) is 12.0 Å². The van der Waals surface area contributed by atoms with Crippen LogP contribution in [0, 0.1) is 10.1 Å². The number of imidazole rings is 1. The third-order valence-corrected chi connectivity index (χ3v) is 2.80. The van der Waals surface area contributed by atoms with E-state index < -0.39 is 10.8 Å². The van der Waals surface area contributed by atoms with Gasteiger partial charge >= 0.3 is 0 Å². The fraction of sp³-hybridized carbons (Fsp3) is 0.250. The van der Waals surface area contributed by atoms with Crippen LogP contribution in [0.5, 0.6) is 0 Å². The van der Waals surface area contributed by atoms with E-state index >= 15 is 0 Å². The lowest BCUT2D eigenvalue weighted by Crippen LogP contribution is -2.26. The van der Waals surface area contributed by atoms with Crippen LogP contribution in [0.4, 0.5) is 11.5 Å². The van der Waals surface area contributed by atoms with Crippen molar-refractivity contribution >= 4 is 17.4 Å². The molecule has 0 aliphatic heterocycles. The van der Waals surface area contributed by atoms with Crippen molar-refractivity contribution in [2.75, 3.05) is 12.3 Å². The molecule has 2 heterocycles. The molecular formula is C12H14N6O3. The number of amides is 1. The molecule has 0 bridgehead atoms. The zero-order valence-corrected chi connectivity index (χ0v) is 11.1. The van der Waals surface area contributed by atoms with E-state index in [4.69, 9.17) is 5.73 Å². The number of aromatic nitrogens is 3. The quantitative estimate of drug-likeness (QED) is 0.455. The van der Waals surface area contributed by atoms with E-state index in [1.54, 1.807) is 12.5 Å². The van der Waals surface area contributed by atoms with Crippen LogP contribution in [0.3, 0.4) is 0 Å². The number of hydrogen-bond acceptors (Lipinski definition) is 6. The molecule has 2 aromatic heterocycles. The van der Waals surface area contributed by atoms with Gasteiger partial charge in [-0.15, -0.1) is 0 Å². The third kappa shape index (κ3) is 3.75. The number of rotatable bonds is 6. The summed E-state index contributed by atoms with van der Waals surface area (Å²) < 4.78 is 1.88. The molecule has 0 saturated heterocycles. The van der Waals surface area contributed by atoms with E-state index in [1.807, 2.05) is 10.8 Å². The van der Waals surface area contributed by atoms with Crippen molar-refractivity contribution in [3.8, 4) is 0 Å². The molecule has 21 heavy (non-hydrogen) atoms. The van der Waals surface area contributed by atoms with Gasteiger partial charge in [0.25, 0.3) is 11.6 Å². The summed E-state index contributed by atoms with van der Waals surface area (Å²) in [6.07, 6.45) is 6.90. The summed E-state index contributed by atoms with van der Waals surface area (Å²) in [4.78, 5) is 29.5. The number of carbonyl (C=O) groups is 1. The largest absolute Gasteiger partial charge is 0.383 e. The van der Waals surface area contributed by atoms with Gasteiger partial charge in [-0.25, -0.2) is 9.97 Å². The molecular weight excluding hydrogens is 276 g/mol. The summed E-state index contributed by atoms with van der Waals surface area (Å²) in [5.74, 6) is -0.512. The second kappa shape index (κ2) is 6.46. The van der Waals surface area contributed by atoms with Gasteiger partial charge in [0.2, 0.25) is 0 Å². The van der Waals surface area contributed by atoms with Crippen LogP contribution >= 0.6 is 0 Å². The summed E-state index contributed by atoms with van der Waals surface area (Å²) in [7, 11) is 0. The number of pyridine rings is 1. The van der Waals surface area contributed by atoms with Crippen molar-refractivity contribution in [2.24, 2.45) is 0 Å². The Morgan fingerprint density at radius 3 is 3.00 bits per heavy atom. The fourth-order valence-electron chi connectivity index (χ4n) is 1.72. The molecule has 0 radical (unpaired) electrons. The normalized spacial score (nSPS) is 10.3. The standard InChI is InChI=1S/C12H14N6O3/c13-11-10(6-9(7-16-11)18(20)21)12(19)15-2-1-4-17-5-3-14-8-17/h3,5-8H,1-2,4H2,(H2,13,16)(H,15,19). The lowest BCUT2D eigenvalue weighted by atomic mass is 10.2. The highest BCUT2D eigenvalue weighted by Crippen LogP contribution is 2.16. The lowest BCUT2D eigenvalue weighted by Gasteiger charge is -2.07. The van der Waals surface area contributed by atoms with Gasteiger partial charge in [0.15, 0.2) is 0 Å². The molecule has 1 amide bonds. The average Bonchev–Trinajstić information content (AvgIpc) is 2.96. The maximum atomic E-state index is 11.9. The minimum atomic E-state index is -0.623. The Kier molecular flexibility index (Phi) is 4.44. The first-order valence-corrected chi connectivity index (χ1v) is 6.22. The first-order valence-electron chi connectivity index (χ1n) is 6.22. The van der Waals surface area contributed by atoms with Gasteiger partial charge in [-0.2, -0.15) is 0 Å².